The molecule has 17 nitrogen and oxygen atoms in total. The Hall–Kier alpha value is -5.92. The number of aliphatic hydroxyl groups excluding tert-OH is 2. The van der Waals surface area contributed by atoms with Crippen molar-refractivity contribution in [2.24, 2.45) is 11.8 Å². The van der Waals surface area contributed by atoms with E-state index in [0.717, 1.165) is 85.3 Å². The maximum absolute atomic E-state index is 14.5. The molecule has 0 radical (unpaired) electrons. The van der Waals surface area contributed by atoms with Crippen molar-refractivity contribution < 1.29 is 43.3 Å². The lowest BCUT2D eigenvalue weighted by atomic mass is 9.94. The average molecular weight is 1040 g/mol. The van der Waals surface area contributed by atoms with E-state index in [1.54, 1.807) is 14.3 Å². The molecule has 4 atom stereocenters. The first kappa shape index (κ1) is 52.5. The van der Waals surface area contributed by atoms with E-state index in [0.29, 0.717) is 93.6 Å². The van der Waals surface area contributed by atoms with Crippen molar-refractivity contribution >= 4 is 35.1 Å². The highest BCUT2D eigenvalue weighted by Gasteiger charge is 2.52. The van der Waals surface area contributed by atoms with Gasteiger partial charge in [0.15, 0.2) is 11.4 Å². The highest BCUT2D eigenvalue weighted by Crippen LogP contribution is 2.58. The van der Waals surface area contributed by atoms with Crippen LogP contribution in [-0.2, 0) is 35.5 Å². The number of para-hydroxylation sites is 2. The summed E-state index contributed by atoms with van der Waals surface area (Å²) in [4.78, 5) is 56.5. The number of carbonyl (C=O) groups is 4. The van der Waals surface area contributed by atoms with Crippen molar-refractivity contribution in [3.63, 3.8) is 0 Å². The number of carboxylic acids is 1. The van der Waals surface area contributed by atoms with Crippen molar-refractivity contribution in [3.05, 3.63) is 93.6 Å². The predicted octanol–water partition coefficient (Wildman–Crippen LogP) is 5.61. The predicted molar refractivity (Wildman–Crippen MR) is 278 cm³/mol. The summed E-state index contributed by atoms with van der Waals surface area (Å²) in [6, 6.07) is 17.2. The number of carboxylic acid groups (broad SMARTS) is 1. The third-order valence-corrected chi connectivity index (χ3v) is 17.4. The smallest absolute Gasteiger partial charge is 0.356 e. The summed E-state index contributed by atoms with van der Waals surface area (Å²) in [5.41, 5.74) is 6.36. The van der Waals surface area contributed by atoms with Gasteiger partial charge in [0.2, 0.25) is 11.8 Å². The first-order chi connectivity index (χ1) is 36.1. The number of benzene rings is 2. The average Bonchev–Trinajstić information content (AvgIpc) is 4.18. The molecule has 0 spiro atoms. The number of rotatable bonds is 12. The van der Waals surface area contributed by atoms with Crippen molar-refractivity contribution in [1.29, 1.82) is 0 Å². The number of anilines is 2. The van der Waals surface area contributed by atoms with Gasteiger partial charge < -0.3 is 46.0 Å². The number of fused-ring (bicyclic) bond motifs is 6. The molecule has 0 unspecified atom stereocenters. The Kier molecular flexibility index (Phi) is 15.4. The number of aliphatic hydroxyl groups is 2. The topological polar surface area (TPSA) is 210 Å². The number of nitrogens with zero attached hydrogens (tertiary/aromatic N) is 7. The second kappa shape index (κ2) is 22.0. The van der Waals surface area contributed by atoms with E-state index in [2.05, 4.69) is 64.3 Å². The van der Waals surface area contributed by atoms with E-state index >= 15 is 0 Å². The maximum Gasteiger partial charge on any atom is 0.356 e. The second-order valence-electron chi connectivity index (χ2n) is 22.5. The SMILES string of the molecule is Cc1ccccc1NC1CCN(C(=O)Cn2nc(C(=O)N3CCC(F)(CO)CC3)c3c2C[C@H]2C[C@@H]32)CC1.Cc1ccccc1NC1CCN(C(=O)Cn2nc(C(=O)O)c3c2C[C@H]2C[C@@H]32)CC1.OCC1(F)CCNCC1. The largest absolute Gasteiger partial charge is 0.476 e. The summed E-state index contributed by atoms with van der Waals surface area (Å²) in [5.74, 6) is 0.751. The molecule has 6 heterocycles. The van der Waals surface area contributed by atoms with Crippen LogP contribution >= 0.6 is 0 Å². The van der Waals surface area contributed by atoms with Crippen LogP contribution in [0.5, 0.6) is 0 Å². The Morgan fingerprint density at radius 2 is 1.05 bits per heavy atom. The number of aromatic nitrogens is 4. The number of aromatic carboxylic acids is 1. The number of piperidine rings is 4. The number of amides is 3. The number of carbonyl (C=O) groups excluding carboxylic acids is 3. The summed E-state index contributed by atoms with van der Waals surface area (Å²) in [6.07, 6.45) is 8.63. The molecule has 2 aromatic heterocycles. The minimum Gasteiger partial charge on any atom is -0.476 e. The Labute approximate surface area is 437 Å². The fourth-order valence-corrected chi connectivity index (χ4v) is 12.3. The molecule has 4 aliphatic heterocycles. The van der Waals surface area contributed by atoms with Gasteiger partial charge in [-0.2, -0.15) is 10.2 Å². The second-order valence-corrected chi connectivity index (χ2v) is 22.5. The quantitative estimate of drug-likeness (QED) is 0.102. The van der Waals surface area contributed by atoms with Crippen LogP contribution in [0.2, 0.25) is 0 Å². The molecule has 0 bridgehead atoms. The number of halogens is 2. The minimum absolute atomic E-state index is 0.0298. The lowest BCUT2D eigenvalue weighted by Crippen LogP contribution is -2.46. The molecule has 8 aliphatic rings. The van der Waals surface area contributed by atoms with Gasteiger partial charge in [0.1, 0.15) is 24.4 Å². The summed E-state index contributed by atoms with van der Waals surface area (Å²) < 4.78 is 30.9. The lowest BCUT2D eigenvalue weighted by Gasteiger charge is -2.35. The molecule has 6 fully saturated rings. The van der Waals surface area contributed by atoms with Gasteiger partial charge in [0.05, 0.1) is 13.2 Å². The van der Waals surface area contributed by atoms with E-state index in [9.17, 15) is 38.2 Å². The summed E-state index contributed by atoms with van der Waals surface area (Å²) in [6.45, 7) is 8.41. The number of hydrogen-bond acceptors (Lipinski definition) is 11. The van der Waals surface area contributed by atoms with E-state index in [4.69, 9.17) is 5.11 Å². The fraction of sp³-hybridized carbons (Fsp3) is 0.607. The molecule has 75 heavy (non-hydrogen) atoms. The van der Waals surface area contributed by atoms with E-state index < -0.39 is 23.9 Å². The van der Waals surface area contributed by atoms with Gasteiger partial charge in [-0.1, -0.05) is 36.4 Å². The van der Waals surface area contributed by atoms with Crippen molar-refractivity contribution in [2.45, 2.75) is 139 Å². The zero-order chi connectivity index (χ0) is 52.6. The molecule has 12 rings (SSSR count). The van der Waals surface area contributed by atoms with Gasteiger partial charge in [0, 0.05) is 98.1 Å². The standard InChI is InChI=1S/C28H36FN5O3.C22H26N4O3.C6H12FNO/c1-18-4-2-3-5-22(18)30-20-6-10-32(11-7-20)24(36)16-34-23-15-19-14-21(19)25(23)26(31-34)27(37)33-12-8-28(29,17-35)9-13-33;1-13-4-2-3-5-17(13)23-15-6-8-25(9-7-15)19(27)12-26-18-11-14-10-16(14)20(18)21(24-26)22(28)29;7-6(5-9)1-3-8-4-2-6/h2-5,19-21,30,35H,6-17H2,1H3;2-5,14-16,23H,6-12H2,1H3,(H,28,29);8-9H,1-5H2/t19-,21-;14-,16-;/m11./s1. The number of hydrogen-bond donors (Lipinski definition) is 6. The van der Waals surface area contributed by atoms with Gasteiger partial charge in [-0.05, 0) is 138 Å². The van der Waals surface area contributed by atoms with Crippen LogP contribution in [0.25, 0.3) is 0 Å². The van der Waals surface area contributed by atoms with Crippen molar-refractivity contribution in [2.75, 3.05) is 76.2 Å². The molecule has 4 aliphatic carbocycles. The monoisotopic (exact) mass is 1040 g/mol. The van der Waals surface area contributed by atoms with Crippen LogP contribution in [0.3, 0.4) is 0 Å². The number of nitrogens with one attached hydrogen (secondary N) is 3. The van der Waals surface area contributed by atoms with Crippen molar-refractivity contribution in [1.82, 2.24) is 39.6 Å². The molecule has 404 valence electrons. The van der Waals surface area contributed by atoms with Crippen LogP contribution in [0, 0.1) is 25.7 Å². The molecular formula is C56H74F2N10O7. The highest BCUT2D eigenvalue weighted by molar-refractivity contribution is 5.95. The lowest BCUT2D eigenvalue weighted by molar-refractivity contribution is -0.133. The Morgan fingerprint density at radius 1 is 0.627 bits per heavy atom. The summed E-state index contributed by atoms with van der Waals surface area (Å²) in [5, 5.41) is 46.5. The summed E-state index contributed by atoms with van der Waals surface area (Å²) in [7, 11) is 0. The Balaban J connectivity index is 0.000000150. The van der Waals surface area contributed by atoms with E-state index in [1.807, 2.05) is 34.1 Å². The molecule has 6 N–H and O–H groups in total. The van der Waals surface area contributed by atoms with E-state index in [-0.39, 0.29) is 69.0 Å². The third kappa shape index (κ3) is 11.6. The zero-order valence-electron chi connectivity index (χ0n) is 43.4. The van der Waals surface area contributed by atoms with E-state index in [1.165, 1.54) is 11.1 Å². The van der Waals surface area contributed by atoms with Gasteiger partial charge in [0.25, 0.3) is 5.91 Å². The number of alkyl halides is 2. The number of aryl methyl sites for hydroxylation is 2. The van der Waals surface area contributed by atoms with Crippen LogP contribution in [0.4, 0.5) is 20.2 Å². The third-order valence-electron chi connectivity index (χ3n) is 17.4. The van der Waals surface area contributed by atoms with Gasteiger partial charge in [-0.25, -0.2) is 13.6 Å². The molecule has 2 aromatic carbocycles. The van der Waals surface area contributed by atoms with Gasteiger partial charge in [-0.3, -0.25) is 23.7 Å². The van der Waals surface area contributed by atoms with Crippen LogP contribution in [0.1, 0.15) is 131 Å². The first-order valence-electron chi connectivity index (χ1n) is 27.3. The maximum atomic E-state index is 14.5. The Bertz CT molecular complexity index is 2730. The molecular weight excluding hydrogens is 963 g/mol. The van der Waals surface area contributed by atoms with Gasteiger partial charge >= 0.3 is 5.97 Å². The highest BCUT2D eigenvalue weighted by atomic mass is 19.1. The fourth-order valence-electron chi connectivity index (χ4n) is 12.3. The molecule has 3 amide bonds. The number of likely N-dealkylation sites (tertiary alicyclic amines) is 3. The molecule has 4 saturated heterocycles. The Morgan fingerprint density at radius 3 is 1.48 bits per heavy atom. The van der Waals surface area contributed by atoms with Gasteiger partial charge in [-0.15, -0.1) is 0 Å². The first-order valence-corrected chi connectivity index (χ1v) is 27.3. The van der Waals surface area contributed by atoms with Crippen molar-refractivity contribution in [3.8, 4) is 0 Å². The molecule has 4 aromatic rings. The van der Waals surface area contributed by atoms with Crippen LogP contribution < -0.4 is 16.0 Å². The summed E-state index contributed by atoms with van der Waals surface area (Å²) >= 11 is 0. The van der Waals surface area contributed by atoms with Crippen LogP contribution in [0.15, 0.2) is 48.5 Å². The van der Waals surface area contributed by atoms with Crippen LogP contribution in [-0.4, -0.2) is 162 Å². The molecule has 2 saturated carbocycles. The minimum atomic E-state index is -1.60. The molecule has 19 heteroatoms. The normalized spacial score (nSPS) is 24.1. The zero-order valence-corrected chi connectivity index (χ0v) is 43.4.